The van der Waals surface area contributed by atoms with Gasteiger partial charge in [0.1, 0.15) is 12.1 Å². The molecule has 2 amide bonds. The van der Waals surface area contributed by atoms with Crippen LogP contribution >= 0.6 is 0 Å². The van der Waals surface area contributed by atoms with Crippen molar-refractivity contribution in [3.05, 3.63) is 18.3 Å². The Morgan fingerprint density at radius 2 is 2.05 bits per heavy atom. The summed E-state index contributed by atoms with van der Waals surface area (Å²) < 4.78 is 10.4. The van der Waals surface area contributed by atoms with Gasteiger partial charge >= 0.3 is 6.09 Å². The van der Waals surface area contributed by atoms with Crippen molar-refractivity contribution in [2.24, 2.45) is 0 Å². The molecular formula is C15H21N3O4. The average Bonchev–Trinajstić information content (AvgIpc) is 2.45. The Morgan fingerprint density at radius 3 is 2.64 bits per heavy atom. The molecule has 0 bridgehead atoms. The first kappa shape index (κ1) is 16.1. The second-order valence-corrected chi connectivity index (χ2v) is 6.00. The van der Waals surface area contributed by atoms with Crippen molar-refractivity contribution in [1.82, 2.24) is 9.88 Å². The number of methoxy groups -OCH3 is 1. The lowest BCUT2D eigenvalue weighted by molar-refractivity contribution is -0.121. The molecule has 0 radical (unpaired) electrons. The molecule has 1 fully saturated rings. The molecule has 1 aliphatic rings. The largest absolute Gasteiger partial charge is 0.481 e. The minimum Gasteiger partial charge on any atom is -0.481 e. The Balaban J connectivity index is 2.04. The Labute approximate surface area is 129 Å². The number of rotatable bonds is 2. The van der Waals surface area contributed by atoms with Gasteiger partial charge in [-0.25, -0.2) is 9.78 Å². The van der Waals surface area contributed by atoms with Gasteiger partial charge in [-0.15, -0.1) is 0 Å². The highest BCUT2D eigenvalue weighted by molar-refractivity contribution is 5.97. The zero-order chi connectivity index (χ0) is 16.3. The van der Waals surface area contributed by atoms with Crippen LogP contribution < -0.4 is 9.64 Å². The van der Waals surface area contributed by atoms with E-state index in [9.17, 15) is 9.59 Å². The maximum Gasteiger partial charge on any atom is 0.410 e. The lowest BCUT2D eigenvalue weighted by Crippen LogP contribution is -2.53. The minimum atomic E-state index is -0.574. The van der Waals surface area contributed by atoms with Gasteiger partial charge in [0.2, 0.25) is 11.8 Å². The van der Waals surface area contributed by atoms with E-state index in [4.69, 9.17) is 9.47 Å². The van der Waals surface area contributed by atoms with E-state index in [2.05, 4.69) is 4.98 Å². The van der Waals surface area contributed by atoms with E-state index < -0.39 is 11.7 Å². The van der Waals surface area contributed by atoms with Gasteiger partial charge in [-0.2, -0.15) is 0 Å². The van der Waals surface area contributed by atoms with E-state index in [0.717, 1.165) is 0 Å². The van der Waals surface area contributed by atoms with Gasteiger partial charge in [-0.05, 0) is 26.8 Å². The highest BCUT2D eigenvalue weighted by Gasteiger charge is 2.31. The number of carbonyl (C=O) groups excluding carboxylic acids is 2. The summed E-state index contributed by atoms with van der Waals surface area (Å²) in [5, 5.41) is 0. The standard InChI is InChI=1S/C15H21N3O4/c1-15(2,3)22-14(20)17-7-8-18(13(19)10-17)11-5-6-16-12(9-11)21-4/h5-6,9H,7-8,10H2,1-4H3. The number of hydrogen-bond donors (Lipinski definition) is 0. The van der Waals surface area contributed by atoms with Crippen molar-refractivity contribution in [3.8, 4) is 5.88 Å². The number of carbonyl (C=O) groups is 2. The van der Waals surface area contributed by atoms with E-state index in [1.54, 1.807) is 44.0 Å². The van der Waals surface area contributed by atoms with E-state index in [0.29, 0.717) is 24.7 Å². The first-order valence-corrected chi connectivity index (χ1v) is 7.08. The fraction of sp³-hybridized carbons (Fsp3) is 0.533. The summed E-state index contributed by atoms with van der Waals surface area (Å²) in [7, 11) is 1.52. The summed E-state index contributed by atoms with van der Waals surface area (Å²) in [5.74, 6) is 0.283. The zero-order valence-electron chi connectivity index (χ0n) is 13.3. The van der Waals surface area contributed by atoms with Crippen LogP contribution in [0.15, 0.2) is 18.3 Å². The van der Waals surface area contributed by atoms with E-state index in [-0.39, 0.29) is 12.5 Å². The van der Waals surface area contributed by atoms with Gasteiger partial charge in [0.15, 0.2) is 0 Å². The second kappa shape index (κ2) is 6.21. The van der Waals surface area contributed by atoms with Gasteiger partial charge in [0, 0.05) is 25.4 Å². The SMILES string of the molecule is COc1cc(N2CCN(C(=O)OC(C)(C)C)CC2=O)ccn1. The Hall–Kier alpha value is -2.31. The lowest BCUT2D eigenvalue weighted by Gasteiger charge is -2.35. The summed E-state index contributed by atoms with van der Waals surface area (Å²) in [4.78, 5) is 31.3. The molecule has 0 spiro atoms. The quantitative estimate of drug-likeness (QED) is 0.831. The first-order valence-electron chi connectivity index (χ1n) is 7.08. The molecule has 0 atom stereocenters. The van der Waals surface area contributed by atoms with Crippen molar-refractivity contribution >= 4 is 17.7 Å². The van der Waals surface area contributed by atoms with Crippen LogP contribution in [0, 0.1) is 0 Å². The number of hydrogen-bond acceptors (Lipinski definition) is 5. The maximum absolute atomic E-state index is 12.3. The zero-order valence-corrected chi connectivity index (χ0v) is 13.3. The van der Waals surface area contributed by atoms with Crippen molar-refractivity contribution in [2.75, 3.05) is 31.6 Å². The van der Waals surface area contributed by atoms with Gasteiger partial charge < -0.3 is 14.4 Å². The Kier molecular flexibility index (Phi) is 4.54. The van der Waals surface area contributed by atoms with E-state index in [1.807, 2.05) is 0 Å². The molecule has 7 nitrogen and oxygen atoms in total. The van der Waals surface area contributed by atoms with Crippen molar-refractivity contribution < 1.29 is 19.1 Å². The molecule has 0 unspecified atom stereocenters. The molecule has 1 saturated heterocycles. The van der Waals surface area contributed by atoms with Crippen LogP contribution in [-0.4, -0.2) is 54.2 Å². The third-order valence-electron chi connectivity index (χ3n) is 3.11. The third kappa shape index (κ3) is 3.87. The molecule has 0 aromatic carbocycles. The predicted molar refractivity (Wildman–Crippen MR) is 80.9 cm³/mol. The summed E-state index contributed by atoms with van der Waals surface area (Å²) in [6, 6.07) is 3.44. The number of anilines is 1. The topological polar surface area (TPSA) is 72.0 Å². The smallest absolute Gasteiger partial charge is 0.410 e. The fourth-order valence-electron chi connectivity index (χ4n) is 2.11. The molecule has 0 N–H and O–H groups in total. The summed E-state index contributed by atoms with van der Waals surface area (Å²) in [6.45, 7) is 6.22. The lowest BCUT2D eigenvalue weighted by atomic mass is 10.2. The number of aromatic nitrogens is 1. The number of pyridine rings is 1. The minimum absolute atomic E-state index is 0.000445. The van der Waals surface area contributed by atoms with Gasteiger partial charge in [-0.3, -0.25) is 9.69 Å². The number of nitrogens with zero attached hydrogens (tertiary/aromatic N) is 3. The molecule has 1 aliphatic heterocycles. The molecule has 22 heavy (non-hydrogen) atoms. The predicted octanol–water partition coefficient (Wildman–Crippen LogP) is 1.67. The molecule has 120 valence electrons. The van der Waals surface area contributed by atoms with Crippen LogP contribution in [-0.2, 0) is 9.53 Å². The monoisotopic (exact) mass is 307 g/mol. The number of piperazine rings is 1. The van der Waals surface area contributed by atoms with Gasteiger partial charge in [0.25, 0.3) is 0 Å². The van der Waals surface area contributed by atoms with Crippen LogP contribution in [0.1, 0.15) is 20.8 Å². The molecule has 1 aromatic heterocycles. The molecule has 7 heteroatoms. The van der Waals surface area contributed by atoms with Crippen LogP contribution in [0.4, 0.5) is 10.5 Å². The van der Waals surface area contributed by atoms with Crippen LogP contribution in [0.3, 0.4) is 0 Å². The third-order valence-corrected chi connectivity index (χ3v) is 3.11. The highest BCUT2D eigenvalue weighted by Crippen LogP contribution is 2.21. The fourth-order valence-corrected chi connectivity index (χ4v) is 2.11. The van der Waals surface area contributed by atoms with E-state index >= 15 is 0 Å². The maximum atomic E-state index is 12.3. The average molecular weight is 307 g/mol. The first-order chi connectivity index (χ1) is 10.3. The number of amides is 2. The number of ether oxygens (including phenoxy) is 2. The molecule has 2 heterocycles. The molecule has 1 aromatic rings. The Bertz CT molecular complexity index is 568. The van der Waals surface area contributed by atoms with Crippen LogP contribution in [0.2, 0.25) is 0 Å². The van der Waals surface area contributed by atoms with Crippen LogP contribution in [0.5, 0.6) is 5.88 Å². The summed E-state index contributed by atoms with van der Waals surface area (Å²) in [6.07, 6.45) is 1.12. The molecule has 0 saturated carbocycles. The molecule has 0 aliphatic carbocycles. The summed E-state index contributed by atoms with van der Waals surface area (Å²) in [5.41, 5.74) is 0.135. The Morgan fingerprint density at radius 1 is 1.32 bits per heavy atom. The normalized spacial score (nSPS) is 15.7. The van der Waals surface area contributed by atoms with Crippen molar-refractivity contribution in [3.63, 3.8) is 0 Å². The van der Waals surface area contributed by atoms with Crippen molar-refractivity contribution in [2.45, 2.75) is 26.4 Å². The second-order valence-electron chi connectivity index (χ2n) is 6.00. The molecular weight excluding hydrogens is 286 g/mol. The van der Waals surface area contributed by atoms with E-state index in [1.165, 1.54) is 12.0 Å². The van der Waals surface area contributed by atoms with Crippen LogP contribution in [0.25, 0.3) is 0 Å². The van der Waals surface area contributed by atoms with Crippen molar-refractivity contribution in [1.29, 1.82) is 0 Å². The summed E-state index contributed by atoms with van der Waals surface area (Å²) >= 11 is 0. The highest BCUT2D eigenvalue weighted by atomic mass is 16.6. The van der Waals surface area contributed by atoms with Gasteiger partial charge in [0.05, 0.1) is 12.8 Å². The molecule has 2 rings (SSSR count). The van der Waals surface area contributed by atoms with Gasteiger partial charge in [-0.1, -0.05) is 0 Å².